The maximum absolute atomic E-state index is 11.9. The van der Waals surface area contributed by atoms with Crippen molar-refractivity contribution in [1.29, 1.82) is 0 Å². The number of carbonyl (C=O) groups excluding carboxylic acids is 1. The number of nitrogen functional groups attached to an aromatic ring is 1. The summed E-state index contributed by atoms with van der Waals surface area (Å²) < 4.78 is 0.989. The van der Waals surface area contributed by atoms with Crippen LogP contribution in [0.3, 0.4) is 0 Å². The number of anilines is 2. The van der Waals surface area contributed by atoms with Crippen molar-refractivity contribution in [3.63, 3.8) is 0 Å². The highest BCUT2D eigenvalue weighted by Crippen LogP contribution is 2.18. The first kappa shape index (κ1) is 14.4. The first-order valence-corrected chi connectivity index (χ1v) is 7.02. The molecule has 5 heteroatoms. The van der Waals surface area contributed by atoms with E-state index in [-0.39, 0.29) is 12.1 Å². The van der Waals surface area contributed by atoms with Crippen molar-refractivity contribution in [2.24, 2.45) is 0 Å². The quantitative estimate of drug-likeness (QED) is 0.745. The van der Waals surface area contributed by atoms with E-state index in [0.29, 0.717) is 11.4 Å². The predicted octanol–water partition coefficient (Wildman–Crippen LogP) is 3.91. The highest BCUT2D eigenvalue weighted by molar-refractivity contribution is 9.10. The van der Waals surface area contributed by atoms with E-state index in [1.165, 1.54) is 0 Å². The molecule has 20 heavy (non-hydrogen) atoms. The molecule has 0 saturated heterocycles. The summed E-state index contributed by atoms with van der Waals surface area (Å²) in [5, 5.41) is 5.65. The molecule has 0 heterocycles. The van der Waals surface area contributed by atoms with Gasteiger partial charge in [0.1, 0.15) is 0 Å². The van der Waals surface area contributed by atoms with Gasteiger partial charge in [-0.05, 0) is 48.9 Å². The third-order valence-electron chi connectivity index (χ3n) is 2.86. The molecule has 0 spiro atoms. The molecule has 2 amide bonds. The van der Waals surface area contributed by atoms with Crippen molar-refractivity contribution in [3.05, 3.63) is 58.6 Å². The number of nitrogens with one attached hydrogen (secondary N) is 2. The van der Waals surface area contributed by atoms with Crippen LogP contribution in [0.4, 0.5) is 16.2 Å². The van der Waals surface area contributed by atoms with E-state index >= 15 is 0 Å². The maximum Gasteiger partial charge on any atom is 0.319 e. The number of hydrogen-bond acceptors (Lipinski definition) is 2. The minimum atomic E-state index is -0.248. The highest BCUT2D eigenvalue weighted by atomic mass is 79.9. The number of amides is 2. The molecule has 1 unspecified atom stereocenters. The van der Waals surface area contributed by atoms with Gasteiger partial charge in [-0.25, -0.2) is 4.79 Å². The van der Waals surface area contributed by atoms with Gasteiger partial charge in [0.05, 0.1) is 6.04 Å². The Balaban J connectivity index is 1.95. The molecule has 4 nitrogen and oxygen atoms in total. The molecule has 1 atom stereocenters. The number of hydrogen-bond donors (Lipinski definition) is 3. The van der Waals surface area contributed by atoms with Crippen LogP contribution in [0.1, 0.15) is 18.5 Å². The molecule has 0 aliphatic rings. The Morgan fingerprint density at radius 2 is 1.90 bits per heavy atom. The molecular weight excluding hydrogens is 318 g/mol. The molecule has 0 aliphatic heterocycles. The van der Waals surface area contributed by atoms with Crippen LogP contribution < -0.4 is 16.4 Å². The summed E-state index contributed by atoms with van der Waals surface area (Å²) in [6.45, 7) is 1.93. The van der Waals surface area contributed by atoms with Crippen LogP contribution in [0.15, 0.2) is 53.0 Å². The summed E-state index contributed by atoms with van der Waals surface area (Å²) in [4.78, 5) is 11.9. The first-order valence-electron chi connectivity index (χ1n) is 6.23. The zero-order valence-corrected chi connectivity index (χ0v) is 12.6. The van der Waals surface area contributed by atoms with E-state index in [1.54, 1.807) is 24.3 Å². The molecule has 0 saturated carbocycles. The van der Waals surface area contributed by atoms with Crippen LogP contribution in [-0.2, 0) is 0 Å². The molecule has 4 N–H and O–H groups in total. The van der Waals surface area contributed by atoms with E-state index in [0.717, 1.165) is 10.0 Å². The third kappa shape index (κ3) is 3.99. The molecule has 104 valence electrons. The minimum Gasteiger partial charge on any atom is -0.399 e. The van der Waals surface area contributed by atoms with Gasteiger partial charge in [-0.3, -0.25) is 0 Å². The smallest absolute Gasteiger partial charge is 0.319 e. The normalized spacial score (nSPS) is 11.7. The Kier molecular flexibility index (Phi) is 4.63. The number of halogens is 1. The molecule has 0 fully saturated rings. The van der Waals surface area contributed by atoms with Gasteiger partial charge in [0.15, 0.2) is 0 Å². The average molecular weight is 334 g/mol. The van der Waals surface area contributed by atoms with Gasteiger partial charge in [-0.1, -0.05) is 28.1 Å². The van der Waals surface area contributed by atoms with Gasteiger partial charge in [0, 0.05) is 15.8 Å². The molecule has 2 aromatic rings. The Morgan fingerprint density at radius 3 is 2.55 bits per heavy atom. The predicted molar refractivity (Wildman–Crippen MR) is 85.6 cm³/mol. The average Bonchev–Trinajstić information content (AvgIpc) is 2.41. The molecule has 2 rings (SSSR count). The van der Waals surface area contributed by atoms with Crippen molar-refractivity contribution in [2.45, 2.75) is 13.0 Å². The Morgan fingerprint density at radius 1 is 1.20 bits per heavy atom. The summed E-state index contributed by atoms with van der Waals surface area (Å²) in [5.41, 5.74) is 8.00. The van der Waals surface area contributed by atoms with E-state index < -0.39 is 0 Å². The molecular formula is C15H16BrN3O. The number of carbonyl (C=O) groups is 1. The summed E-state index contributed by atoms with van der Waals surface area (Å²) in [6.07, 6.45) is 0. The van der Waals surface area contributed by atoms with E-state index in [9.17, 15) is 4.79 Å². The summed E-state index contributed by atoms with van der Waals surface area (Å²) in [5.74, 6) is 0. The monoisotopic (exact) mass is 333 g/mol. The Hall–Kier alpha value is -2.01. The molecule has 0 aliphatic carbocycles. The molecule has 0 aromatic heterocycles. The van der Waals surface area contributed by atoms with Crippen molar-refractivity contribution in [1.82, 2.24) is 5.32 Å². The molecule has 2 aromatic carbocycles. The van der Waals surface area contributed by atoms with Crippen LogP contribution >= 0.6 is 15.9 Å². The number of nitrogens with two attached hydrogens (primary N) is 1. The zero-order chi connectivity index (χ0) is 14.5. The Bertz CT molecular complexity index is 598. The van der Waals surface area contributed by atoms with Gasteiger partial charge in [0.2, 0.25) is 0 Å². The van der Waals surface area contributed by atoms with Crippen molar-refractivity contribution >= 4 is 33.3 Å². The molecule has 0 bridgehead atoms. The van der Waals surface area contributed by atoms with Crippen molar-refractivity contribution < 1.29 is 4.79 Å². The second-order valence-corrected chi connectivity index (χ2v) is 5.41. The topological polar surface area (TPSA) is 67.2 Å². The van der Waals surface area contributed by atoms with Crippen molar-refractivity contribution in [3.8, 4) is 0 Å². The fourth-order valence-corrected chi connectivity index (χ4v) is 2.21. The second kappa shape index (κ2) is 6.43. The standard InChI is InChI=1S/C15H16BrN3O/c1-10(11-3-2-4-12(16)9-11)18-15(20)19-14-7-5-13(17)6-8-14/h2-10H,17H2,1H3,(H2,18,19,20). The van der Waals surface area contributed by atoms with Gasteiger partial charge in [0.25, 0.3) is 0 Å². The fourth-order valence-electron chi connectivity index (χ4n) is 1.79. The zero-order valence-electron chi connectivity index (χ0n) is 11.1. The summed E-state index contributed by atoms with van der Waals surface area (Å²) in [7, 11) is 0. The van der Waals surface area contributed by atoms with Gasteiger partial charge >= 0.3 is 6.03 Å². The van der Waals surface area contributed by atoms with E-state index in [2.05, 4.69) is 26.6 Å². The van der Waals surface area contributed by atoms with Gasteiger partial charge < -0.3 is 16.4 Å². The summed E-state index contributed by atoms with van der Waals surface area (Å²) >= 11 is 3.42. The Labute approximate surface area is 126 Å². The largest absolute Gasteiger partial charge is 0.399 e. The number of urea groups is 1. The second-order valence-electron chi connectivity index (χ2n) is 4.50. The summed E-state index contributed by atoms with van der Waals surface area (Å²) in [6, 6.07) is 14.5. The fraction of sp³-hybridized carbons (Fsp3) is 0.133. The first-order chi connectivity index (χ1) is 9.54. The SMILES string of the molecule is CC(NC(=O)Nc1ccc(N)cc1)c1cccc(Br)c1. The van der Waals surface area contributed by atoms with Crippen LogP contribution in [0.25, 0.3) is 0 Å². The van der Waals surface area contributed by atoms with E-state index in [1.807, 2.05) is 31.2 Å². The minimum absolute atomic E-state index is 0.0821. The van der Waals surface area contributed by atoms with E-state index in [4.69, 9.17) is 5.73 Å². The van der Waals surface area contributed by atoms with Crippen molar-refractivity contribution in [2.75, 3.05) is 11.1 Å². The number of benzene rings is 2. The highest BCUT2D eigenvalue weighted by Gasteiger charge is 2.09. The lowest BCUT2D eigenvalue weighted by Crippen LogP contribution is -2.31. The van der Waals surface area contributed by atoms with Gasteiger partial charge in [-0.15, -0.1) is 0 Å². The van der Waals surface area contributed by atoms with Crippen LogP contribution in [0.5, 0.6) is 0 Å². The maximum atomic E-state index is 11.9. The van der Waals surface area contributed by atoms with Gasteiger partial charge in [-0.2, -0.15) is 0 Å². The van der Waals surface area contributed by atoms with Crippen LogP contribution in [0.2, 0.25) is 0 Å². The third-order valence-corrected chi connectivity index (χ3v) is 3.36. The van der Waals surface area contributed by atoms with Crippen LogP contribution in [-0.4, -0.2) is 6.03 Å². The number of rotatable bonds is 3. The lowest BCUT2D eigenvalue weighted by Gasteiger charge is -2.15. The molecule has 0 radical (unpaired) electrons. The lowest BCUT2D eigenvalue weighted by molar-refractivity contribution is 0.249. The lowest BCUT2D eigenvalue weighted by atomic mass is 10.1. The van der Waals surface area contributed by atoms with Crippen LogP contribution in [0, 0.1) is 0 Å².